The molecular formula is C15H14N8. The van der Waals surface area contributed by atoms with Crippen molar-refractivity contribution in [2.24, 2.45) is 7.05 Å². The normalized spacial score (nSPS) is 11.0. The molecule has 0 aliphatic carbocycles. The molecule has 1 aromatic carbocycles. The zero-order valence-corrected chi connectivity index (χ0v) is 12.7. The van der Waals surface area contributed by atoms with Crippen LogP contribution in [0.4, 0.5) is 0 Å². The van der Waals surface area contributed by atoms with Gasteiger partial charge < -0.3 is 0 Å². The summed E-state index contributed by atoms with van der Waals surface area (Å²) in [6.07, 6.45) is 5.31. The molecule has 0 spiro atoms. The molecule has 0 aliphatic heterocycles. The van der Waals surface area contributed by atoms with E-state index in [9.17, 15) is 0 Å². The molecule has 0 saturated heterocycles. The minimum atomic E-state index is 0.671. The van der Waals surface area contributed by atoms with E-state index in [0.717, 1.165) is 17.1 Å². The third-order valence-corrected chi connectivity index (χ3v) is 3.43. The van der Waals surface area contributed by atoms with Crippen molar-refractivity contribution < 1.29 is 0 Å². The van der Waals surface area contributed by atoms with Gasteiger partial charge in [-0.3, -0.25) is 4.68 Å². The summed E-state index contributed by atoms with van der Waals surface area (Å²) in [5.74, 6) is 1.34. The molecule has 8 nitrogen and oxygen atoms in total. The molecule has 0 unspecified atom stereocenters. The van der Waals surface area contributed by atoms with E-state index >= 15 is 0 Å². The van der Waals surface area contributed by atoms with Gasteiger partial charge in [0, 0.05) is 7.05 Å². The zero-order valence-electron chi connectivity index (χ0n) is 12.7. The third kappa shape index (κ3) is 2.30. The molecular weight excluding hydrogens is 292 g/mol. The SMILES string of the molecule is Cc1nc(-c2cnnn2-c2ccccc2)n(-c2cnn(C)c2)n1. The van der Waals surface area contributed by atoms with Crippen LogP contribution in [0.25, 0.3) is 22.9 Å². The number of nitrogens with zero attached hydrogens (tertiary/aromatic N) is 8. The van der Waals surface area contributed by atoms with Crippen LogP contribution in [0.5, 0.6) is 0 Å². The number of aryl methyl sites for hydroxylation is 2. The van der Waals surface area contributed by atoms with Crippen LogP contribution >= 0.6 is 0 Å². The molecule has 0 aliphatic rings. The highest BCUT2D eigenvalue weighted by atomic mass is 15.5. The van der Waals surface area contributed by atoms with Crippen molar-refractivity contribution in [2.45, 2.75) is 6.92 Å². The monoisotopic (exact) mass is 306 g/mol. The van der Waals surface area contributed by atoms with Crippen LogP contribution < -0.4 is 0 Å². The van der Waals surface area contributed by atoms with Crippen molar-refractivity contribution in [3.63, 3.8) is 0 Å². The summed E-state index contributed by atoms with van der Waals surface area (Å²) in [6, 6.07) is 9.81. The van der Waals surface area contributed by atoms with Gasteiger partial charge in [0.2, 0.25) is 0 Å². The molecule has 0 atom stereocenters. The maximum Gasteiger partial charge on any atom is 0.183 e. The standard InChI is InChI=1S/C15H14N8/c1-11-18-15(23(19-11)13-8-17-21(2)10-13)14-9-16-20-22(14)12-6-4-3-5-7-12/h3-10H,1-2H3. The van der Waals surface area contributed by atoms with E-state index in [-0.39, 0.29) is 0 Å². The second-order valence-corrected chi connectivity index (χ2v) is 5.13. The van der Waals surface area contributed by atoms with Gasteiger partial charge in [0.1, 0.15) is 17.2 Å². The van der Waals surface area contributed by atoms with Gasteiger partial charge in [-0.2, -0.15) is 10.2 Å². The fraction of sp³-hybridized carbons (Fsp3) is 0.133. The van der Waals surface area contributed by atoms with Crippen molar-refractivity contribution in [3.8, 4) is 22.9 Å². The average molecular weight is 306 g/mol. The lowest BCUT2D eigenvalue weighted by molar-refractivity contribution is 0.765. The molecule has 8 heteroatoms. The highest BCUT2D eigenvalue weighted by Gasteiger charge is 2.18. The molecule has 3 heterocycles. The molecule has 4 aromatic rings. The Hall–Kier alpha value is -3.29. The molecule has 0 fully saturated rings. The van der Waals surface area contributed by atoms with E-state index in [1.807, 2.05) is 50.5 Å². The molecule has 23 heavy (non-hydrogen) atoms. The highest BCUT2D eigenvalue weighted by Crippen LogP contribution is 2.22. The van der Waals surface area contributed by atoms with E-state index < -0.39 is 0 Å². The van der Waals surface area contributed by atoms with E-state index in [2.05, 4.69) is 25.5 Å². The average Bonchev–Trinajstić information content (AvgIpc) is 3.26. The van der Waals surface area contributed by atoms with Crippen LogP contribution in [-0.2, 0) is 7.05 Å². The van der Waals surface area contributed by atoms with Crippen LogP contribution in [0, 0.1) is 6.92 Å². The van der Waals surface area contributed by atoms with Crippen LogP contribution in [0.2, 0.25) is 0 Å². The third-order valence-electron chi connectivity index (χ3n) is 3.43. The lowest BCUT2D eigenvalue weighted by atomic mass is 10.3. The Morgan fingerprint density at radius 2 is 1.78 bits per heavy atom. The fourth-order valence-electron chi connectivity index (χ4n) is 2.43. The minimum absolute atomic E-state index is 0.671. The summed E-state index contributed by atoms with van der Waals surface area (Å²) >= 11 is 0. The van der Waals surface area contributed by atoms with E-state index in [0.29, 0.717) is 11.6 Å². The number of benzene rings is 1. The Kier molecular flexibility index (Phi) is 3.00. The zero-order chi connectivity index (χ0) is 15.8. The number of para-hydroxylation sites is 1. The van der Waals surface area contributed by atoms with Gasteiger partial charge in [-0.1, -0.05) is 23.4 Å². The van der Waals surface area contributed by atoms with Gasteiger partial charge in [-0.15, -0.1) is 5.10 Å². The van der Waals surface area contributed by atoms with Gasteiger partial charge in [0.05, 0.1) is 24.3 Å². The summed E-state index contributed by atoms with van der Waals surface area (Å²) in [6.45, 7) is 1.85. The first-order chi connectivity index (χ1) is 11.2. The molecule has 114 valence electrons. The molecule has 0 saturated carbocycles. The maximum atomic E-state index is 4.54. The van der Waals surface area contributed by atoms with Crippen LogP contribution in [0.1, 0.15) is 5.82 Å². The van der Waals surface area contributed by atoms with Gasteiger partial charge in [0.15, 0.2) is 5.82 Å². The first-order valence-corrected chi connectivity index (χ1v) is 7.11. The Bertz CT molecular complexity index is 947. The second kappa shape index (κ2) is 5.16. The number of aromatic nitrogens is 8. The lowest BCUT2D eigenvalue weighted by Gasteiger charge is -2.06. The van der Waals surface area contributed by atoms with Crippen molar-refractivity contribution >= 4 is 0 Å². The topological polar surface area (TPSA) is 79.2 Å². The van der Waals surface area contributed by atoms with Crippen molar-refractivity contribution in [2.75, 3.05) is 0 Å². The Morgan fingerprint density at radius 1 is 0.957 bits per heavy atom. The Morgan fingerprint density at radius 3 is 2.52 bits per heavy atom. The molecule has 4 rings (SSSR count). The number of hydrogen-bond acceptors (Lipinski definition) is 5. The summed E-state index contributed by atoms with van der Waals surface area (Å²) in [7, 11) is 1.86. The van der Waals surface area contributed by atoms with Crippen LogP contribution in [-0.4, -0.2) is 39.5 Å². The van der Waals surface area contributed by atoms with Gasteiger partial charge in [-0.25, -0.2) is 14.3 Å². The summed E-state index contributed by atoms with van der Waals surface area (Å²) in [5, 5.41) is 16.9. The smallest absolute Gasteiger partial charge is 0.183 e. The highest BCUT2D eigenvalue weighted by molar-refractivity contribution is 5.55. The first kappa shape index (κ1) is 13.4. The van der Waals surface area contributed by atoms with E-state index in [4.69, 9.17) is 0 Å². The van der Waals surface area contributed by atoms with E-state index in [1.54, 1.807) is 26.4 Å². The van der Waals surface area contributed by atoms with Crippen molar-refractivity contribution in [3.05, 3.63) is 54.7 Å². The number of hydrogen-bond donors (Lipinski definition) is 0. The lowest BCUT2D eigenvalue weighted by Crippen LogP contribution is -2.04. The first-order valence-electron chi connectivity index (χ1n) is 7.11. The second-order valence-electron chi connectivity index (χ2n) is 5.13. The molecule has 0 radical (unpaired) electrons. The summed E-state index contributed by atoms with van der Waals surface area (Å²) in [4.78, 5) is 4.54. The summed E-state index contributed by atoms with van der Waals surface area (Å²) in [5.41, 5.74) is 2.52. The van der Waals surface area contributed by atoms with Crippen LogP contribution in [0.3, 0.4) is 0 Å². The molecule has 0 N–H and O–H groups in total. The molecule has 0 amide bonds. The maximum absolute atomic E-state index is 4.54. The minimum Gasteiger partial charge on any atom is -0.274 e. The summed E-state index contributed by atoms with van der Waals surface area (Å²) < 4.78 is 5.22. The predicted molar refractivity (Wildman–Crippen MR) is 83.2 cm³/mol. The Balaban J connectivity index is 1.89. The van der Waals surface area contributed by atoms with Gasteiger partial charge in [-0.05, 0) is 19.1 Å². The molecule has 0 bridgehead atoms. The predicted octanol–water partition coefficient (Wildman–Crippen LogP) is 1.56. The van der Waals surface area contributed by atoms with Gasteiger partial charge >= 0.3 is 0 Å². The quantitative estimate of drug-likeness (QED) is 0.574. The van der Waals surface area contributed by atoms with Crippen molar-refractivity contribution in [1.82, 2.24) is 39.5 Å². The fourth-order valence-corrected chi connectivity index (χ4v) is 2.43. The largest absolute Gasteiger partial charge is 0.274 e. The van der Waals surface area contributed by atoms with E-state index in [1.165, 1.54) is 0 Å². The Labute approximate surface area is 132 Å². The molecule has 3 aromatic heterocycles. The van der Waals surface area contributed by atoms with Gasteiger partial charge in [0.25, 0.3) is 0 Å². The number of rotatable bonds is 3. The van der Waals surface area contributed by atoms with Crippen LogP contribution in [0.15, 0.2) is 48.9 Å². The van der Waals surface area contributed by atoms with Crippen molar-refractivity contribution in [1.29, 1.82) is 0 Å².